The van der Waals surface area contributed by atoms with Crippen LogP contribution in [-0.2, 0) is 65.4 Å². The molecule has 7 atom stereocenters. The minimum Gasteiger partial charge on any atom is -0.462 e. The van der Waals surface area contributed by atoms with Crippen LogP contribution in [0.5, 0.6) is 0 Å². The number of carbonyl (C=O) groups excluding carboxylic acids is 4. The third-order valence-corrected chi connectivity index (χ3v) is 21.0. The van der Waals surface area contributed by atoms with E-state index in [-0.39, 0.29) is 25.7 Å². The fourth-order valence-corrected chi connectivity index (χ4v) is 13.5. The molecule has 0 bridgehead atoms. The van der Waals surface area contributed by atoms with Crippen LogP contribution in [0.4, 0.5) is 0 Å². The molecule has 0 aliphatic rings. The molecule has 0 saturated heterocycles. The number of aliphatic hydroxyl groups is 1. The molecule has 0 fully saturated rings. The lowest BCUT2D eigenvalue weighted by Crippen LogP contribution is -2.30. The number of phosphoric ester groups is 2. The van der Waals surface area contributed by atoms with E-state index in [4.69, 9.17) is 37.0 Å². The molecular formula is C81H154O17P2. The Kier molecular flexibility index (Phi) is 70.3. The topological polar surface area (TPSA) is 237 Å². The third-order valence-electron chi connectivity index (χ3n) is 19.1. The molecule has 0 aromatic carbocycles. The minimum atomic E-state index is -4.97. The van der Waals surface area contributed by atoms with Crippen LogP contribution in [0, 0.1) is 11.8 Å². The van der Waals surface area contributed by atoms with Gasteiger partial charge in [0, 0.05) is 25.7 Å². The highest BCUT2D eigenvalue weighted by molar-refractivity contribution is 7.47. The number of esters is 4. The van der Waals surface area contributed by atoms with E-state index in [9.17, 15) is 43.2 Å². The first-order valence-electron chi connectivity index (χ1n) is 41.4. The molecule has 17 nitrogen and oxygen atoms in total. The van der Waals surface area contributed by atoms with E-state index in [1.807, 2.05) is 0 Å². The summed E-state index contributed by atoms with van der Waals surface area (Å²) in [5.41, 5.74) is 0. The zero-order valence-electron chi connectivity index (χ0n) is 65.0. The van der Waals surface area contributed by atoms with Crippen LogP contribution < -0.4 is 0 Å². The zero-order chi connectivity index (χ0) is 73.5. The van der Waals surface area contributed by atoms with Gasteiger partial charge >= 0.3 is 39.5 Å². The number of allylic oxidation sites excluding steroid dienone is 4. The smallest absolute Gasteiger partial charge is 0.462 e. The predicted molar refractivity (Wildman–Crippen MR) is 409 cm³/mol. The Bertz CT molecular complexity index is 2020. The summed E-state index contributed by atoms with van der Waals surface area (Å²) in [6.07, 6.45) is 64.6. The molecule has 0 aromatic rings. The summed E-state index contributed by atoms with van der Waals surface area (Å²) in [6.45, 7) is 9.56. The van der Waals surface area contributed by atoms with Crippen molar-refractivity contribution in [2.45, 2.75) is 419 Å². The first kappa shape index (κ1) is 97.5. The van der Waals surface area contributed by atoms with E-state index >= 15 is 0 Å². The van der Waals surface area contributed by atoms with Gasteiger partial charge < -0.3 is 33.8 Å². The van der Waals surface area contributed by atoms with Gasteiger partial charge in [0.15, 0.2) is 12.2 Å². The number of carbonyl (C=O) groups is 4. The van der Waals surface area contributed by atoms with Crippen molar-refractivity contribution >= 4 is 39.5 Å². The number of ether oxygens (including phenoxy) is 4. The van der Waals surface area contributed by atoms with Gasteiger partial charge in [0.25, 0.3) is 0 Å². The molecule has 0 radical (unpaired) electrons. The summed E-state index contributed by atoms with van der Waals surface area (Å²) in [7, 11) is -9.93. The maximum Gasteiger partial charge on any atom is 0.472 e. The average molecular weight is 1460 g/mol. The van der Waals surface area contributed by atoms with E-state index in [2.05, 4.69) is 65.8 Å². The highest BCUT2D eigenvalue weighted by Crippen LogP contribution is 2.45. The molecule has 0 heterocycles. The maximum atomic E-state index is 13.1. The Labute approximate surface area is 612 Å². The van der Waals surface area contributed by atoms with Crippen LogP contribution in [0.25, 0.3) is 0 Å². The van der Waals surface area contributed by atoms with Crippen molar-refractivity contribution in [3.8, 4) is 0 Å². The summed E-state index contributed by atoms with van der Waals surface area (Å²) >= 11 is 0. The Morgan fingerprint density at radius 3 is 0.850 bits per heavy atom. The summed E-state index contributed by atoms with van der Waals surface area (Å²) in [6, 6.07) is 0. The number of hydrogen-bond donors (Lipinski definition) is 3. The second-order valence-corrected chi connectivity index (χ2v) is 31.9. The second kappa shape index (κ2) is 72.1. The molecule has 590 valence electrons. The Morgan fingerprint density at radius 1 is 0.320 bits per heavy atom. The van der Waals surface area contributed by atoms with Gasteiger partial charge in [-0.15, -0.1) is 0 Å². The van der Waals surface area contributed by atoms with Crippen LogP contribution >= 0.6 is 15.6 Å². The van der Waals surface area contributed by atoms with Gasteiger partial charge in [-0.1, -0.05) is 348 Å². The first-order valence-corrected chi connectivity index (χ1v) is 44.4. The van der Waals surface area contributed by atoms with Gasteiger partial charge in [-0.2, -0.15) is 0 Å². The molecule has 19 heteroatoms. The molecule has 0 amide bonds. The zero-order valence-corrected chi connectivity index (χ0v) is 66.8. The largest absolute Gasteiger partial charge is 0.472 e. The van der Waals surface area contributed by atoms with Gasteiger partial charge in [-0.25, -0.2) is 9.13 Å². The number of aliphatic hydroxyl groups excluding tert-OH is 1. The quantitative estimate of drug-likeness (QED) is 0.0169. The van der Waals surface area contributed by atoms with Crippen LogP contribution in [0.1, 0.15) is 401 Å². The maximum absolute atomic E-state index is 13.1. The van der Waals surface area contributed by atoms with Crippen LogP contribution in [0.3, 0.4) is 0 Å². The van der Waals surface area contributed by atoms with Gasteiger partial charge in [-0.05, 0) is 63.2 Å². The van der Waals surface area contributed by atoms with Crippen molar-refractivity contribution in [3.05, 3.63) is 24.3 Å². The summed E-state index contributed by atoms with van der Waals surface area (Å²) in [5.74, 6) is -0.599. The summed E-state index contributed by atoms with van der Waals surface area (Å²) < 4.78 is 68.7. The number of unbranched alkanes of at least 4 members (excludes halogenated alkanes) is 43. The molecule has 100 heavy (non-hydrogen) atoms. The lowest BCUT2D eigenvalue weighted by atomic mass is 9.99. The Morgan fingerprint density at radius 2 is 0.560 bits per heavy atom. The van der Waals surface area contributed by atoms with Crippen LogP contribution in [0.2, 0.25) is 0 Å². The van der Waals surface area contributed by atoms with Gasteiger partial charge in [0.05, 0.1) is 26.4 Å². The average Bonchev–Trinajstić information content (AvgIpc) is 0.985. The van der Waals surface area contributed by atoms with Crippen molar-refractivity contribution in [3.63, 3.8) is 0 Å². The van der Waals surface area contributed by atoms with Gasteiger partial charge in [-0.3, -0.25) is 37.3 Å². The van der Waals surface area contributed by atoms with Gasteiger partial charge in [0.1, 0.15) is 19.3 Å². The van der Waals surface area contributed by atoms with Crippen LogP contribution in [0.15, 0.2) is 24.3 Å². The van der Waals surface area contributed by atoms with E-state index in [1.165, 1.54) is 199 Å². The molecule has 0 aromatic heterocycles. The molecule has 3 N–H and O–H groups in total. The van der Waals surface area contributed by atoms with Crippen LogP contribution in [-0.4, -0.2) is 96.7 Å². The predicted octanol–water partition coefficient (Wildman–Crippen LogP) is 23.8. The van der Waals surface area contributed by atoms with Gasteiger partial charge in [0.2, 0.25) is 0 Å². The van der Waals surface area contributed by atoms with Crippen molar-refractivity contribution < 1.29 is 80.2 Å². The first-order chi connectivity index (χ1) is 48.4. The monoisotopic (exact) mass is 1460 g/mol. The summed E-state index contributed by atoms with van der Waals surface area (Å²) in [4.78, 5) is 73.0. The Balaban J connectivity index is 5.27. The molecule has 0 rings (SSSR count). The lowest BCUT2D eigenvalue weighted by molar-refractivity contribution is -0.161. The van der Waals surface area contributed by atoms with E-state index < -0.39 is 97.5 Å². The number of rotatable bonds is 78. The van der Waals surface area contributed by atoms with E-state index in [0.717, 1.165) is 121 Å². The van der Waals surface area contributed by atoms with Crippen molar-refractivity contribution in [1.82, 2.24) is 0 Å². The Hall–Kier alpha value is -2.46. The molecule has 0 spiro atoms. The molecule has 0 aliphatic heterocycles. The number of phosphoric acid groups is 2. The molecular weight excluding hydrogens is 1310 g/mol. The molecule has 4 unspecified atom stereocenters. The van der Waals surface area contributed by atoms with Crippen molar-refractivity contribution in [2.24, 2.45) is 11.8 Å². The highest BCUT2D eigenvalue weighted by atomic mass is 31.2. The van der Waals surface area contributed by atoms with Crippen molar-refractivity contribution in [1.29, 1.82) is 0 Å². The molecule has 0 saturated carbocycles. The lowest BCUT2D eigenvalue weighted by Gasteiger charge is -2.21. The fourth-order valence-electron chi connectivity index (χ4n) is 11.9. The third kappa shape index (κ3) is 71.2. The SMILES string of the molecule is CCCCCC/C=C\C=C/CCCCCCCC(=O)OC[C@H](COP(=O)(O)OC[C@@H](O)COP(=O)(O)OC[C@@H](COC(=O)CCCCCCCCCCC(C)CC)OC(=O)CCCCCCCCCCC(C)CC)OC(=O)CCCCCCCCCCCCCCCCCCCCCCC. The van der Waals surface area contributed by atoms with Crippen molar-refractivity contribution in [2.75, 3.05) is 39.6 Å². The minimum absolute atomic E-state index is 0.102. The fraction of sp³-hybridized carbons (Fsp3) is 0.901. The highest BCUT2D eigenvalue weighted by Gasteiger charge is 2.30. The second-order valence-electron chi connectivity index (χ2n) is 29.0. The summed E-state index contributed by atoms with van der Waals surface area (Å²) in [5, 5.41) is 10.6. The van der Waals surface area contributed by atoms with E-state index in [0.29, 0.717) is 25.7 Å². The number of hydrogen-bond acceptors (Lipinski definition) is 15. The van der Waals surface area contributed by atoms with E-state index in [1.54, 1.807) is 0 Å². The normalized spacial score (nSPS) is 14.6. The molecule has 0 aliphatic carbocycles. The standard InChI is InChI=1S/C81H154O17P2/c1-7-11-13-15-17-19-21-23-25-26-27-28-29-30-32-34-36-38-47-53-59-65-80(85)97-76(69-91-78(83)63-57-51-45-37-35-33-31-24-22-20-18-16-14-12-8-2)71-95-99(87,88)93-67-75(82)68-94-100(89,90)96-72-77(98-81(86)66-60-54-48-42-40-44-50-56-62-74(6)10-4)70-92-79(84)64-58-52-46-41-39-43-49-55-61-73(5)9-3/h20,22,24,31,73-77,82H,7-19,21,23,25-30,32-72H2,1-6H3,(H,87,88)(H,89,90)/b22-20-,31-24-/t73?,74?,75-,76-,77-/m1/s1.